The normalized spacial score (nSPS) is 11.9. The first-order valence-corrected chi connectivity index (χ1v) is 6.30. The summed E-state index contributed by atoms with van der Waals surface area (Å²) < 4.78 is 25.8. The summed E-state index contributed by atoms with van der Waals surface area (Å²) in [5.74, 6) is -2.77. The van der Waals surface area contributed by atoms with E-state index in [-0.39, 0.29) is 31.2 Å². The lowest BCUT2D eigenvalue weighted by atomic mass is 10.0. The number of amides is 1. The van der Waals surface area contributed by atoms with E-state index >= 15 is 0 Å². The molecule has 0 saturated carbocycles. The van der Waals surface area contributed by atoms with Crippen molar-refractivity contribution in [2.45, 2.75) is 26.2 Å². The first-order valence-electron chi connectivity index (χ1n) is 6.30. The lowest BCUT2D eigenvalue weighted by Gasteiger charge is -2.09. The molecule has 110 valence electrons. The average Bonchev–Trinajstić information content (AvgIpc) is 2.25. The van der Waals surface area contributed by atoms with Gasteiger partial charge in [0, 0.05) is 25.5 Å². The van der Waals surface area contributed by atoms with Crippen LogP contribution in [0.5, 0.6) is 0 Å². The molecular weight excluding hydrogens is 268 g/mol. The molecule has 0 bridgehead atoms. The SMILES string of the molecule is CC(CC(=O)O)CC(=O)NCCc1cc(F)cc(F)c1. The number of carbonyl (C=O) groups is 2. The zero-order chi connectivity index (χ0) is 15.1. The van der Waals surface area contributed by atoms with Crippen LogP contribution in [0, 0.1) is 17.6 Å². The van der Waals surface area contributed by atoms with Crippen LogP contribution in [0.4, 0.5) is 8.78 Å². The van der Waals surface area contributed by atoms with Gasteiger partial charge in [-0.05, 0) is 30.0 Å². The van der Waals surface area contributed by atoms with Gasteiger partial charge in [0.25, 0.3) is 0 Å². The molecule has 1 atom stereocenters. The van der Waals surface area contributed by atoms with Crippen LogP contribution in [0.25, 0.3) is 0 Å². The lowest BCUT2D eigenvalue weighted by molar-refractivity contribution is -0.138. The standard InChI is InChI=1S/C14H17F2NO3/c1-9(5-14(19)20)4-13(18)17-3-2-10-6-11(15)8-12(16)7-10/h6-9H,2-5H2,1H3,(H,17,18)(H,19,20). The zero-order valence-corrected chi connectivity index (χ0v) is 11.2. The number of nitrogens with one attached hydrogen (secondary N) is 1. The van der Waals surface area contributed by atoms with Gasteiger partial charge in [-0.3, -0.25) is 9.59 Å². The summed E-state index contributed by atoms with van der Waals surface area (Å²) in [6, 6.07) is 3.21. The smallest absolute Gasteiger partial charge is 0.303 e. The lowest BCUT2D eigenvalue weighted by Crippen LogP contribution is -2.27. The highest BCUT2D eigenvalue weighted by molar-refractivity contribution is 5.77. The summed E-state index contributed by atoms with van der Waals surface area (Å²) in [5.41, 5.74) is 0.460. The Hall–Kier alpha value is -1.98. The van der Waals surface area contributed by atoms with E-state index in [1.54, 1.807) is 6.92 Å². The van der Waals surface area contributed by atoms with E-state index in [0.717, 1.165) is 6.07 Å². The van der Waals surface area contributed by atoms with Gasteiger partial charge in [-0.1, -0.05) is 6.92 Å². The Bertz CT molecular complexity index is 471. The van der Waals surface area contributed by atoms with E-state index in [4.69, 9.17) is 5.11 Å². The second-order valence-corrected chi connectivity index (χ2v) is 4.78. The zero-order valence-electron chi connectivity index (χ0n) is 11.2. The molecule has 0 aromatic heterocycles. The predicted molar refractivity (Wildman–Crippen MR) is 69.1 cm³/mol. The van der Waals surface area contributed by atoms with Gasteiger partial charge in [0.05, 0.1) is 0 Å². The van der Waals surface area contributed by atoms with Crippen LogP contribution in [-0.4, -0.2) is 23.5 Å². The predicted octanol–water partition coefficient (Wildman–Crippen LogP) is 2.12. The molecule has 1 unspecified atom stereocenters. The molecule has 2 N–H and O–H groups in total. The van der Waals surface area contributed by atoms with Crippen LogP contribution in [0.15, 0.2) is 18.2 Å². The maximum atomic E-state index is 12.9. The summed E-state index contributed by atoms with van der Waals surface area (Å²) in [4.78, 5) is 22.0. The summed E-state index contributed by atoms with van der Waals surface area (Å²) >= 11 is 0. The summed E-state index contributed by atoms with van der Waals surface area (Å²) in [7, 11) is 0. The number of benzene rings is 1. The van der Waals surface area contributed by atoms with E-state index < -0.39 is 17.6 Å². The van der Waals surface area contributed by atoms with Crippen LogP contribution < -0.4 is 5.32 Å². The fourth-order valence-electron chi connectivity index (χ4n) is 1.86. The Morgan fingerprint density at radius 2 is 1.80 bits per heavy atom. The van der Waals surface area contributed by atoms with E-state index in [9.17, 15) is 18.4 Å². The molecule has 20 heavy (non-hydrogen) atoms. The van der Waals surface area contributed by atoms with Gasteiger partial charge in [0.2, 0.25) is 5.91 Å². The first kappa shape index (κ1) is 16.1. The number of aliphatic carboxylic acids is 1. The van der Waals surface area contributed by atoms with Crippen LogP contribution in [0.3, 0.4) is 0 Å². The number of carboxylic acid groups (broad SMARTS) is 1. The van der Waals surface area contributed by atoms with Crippen molar-refractivity contribution in [3.63, 3.8) is 0 Å². The Kier molecular flexibility index (Phi) is 6.09. The van der Waals surface area contributed by atoms with Crippen LogP contribution in [-0.2, 0) is 16.0 Å². The first-order chi connectivity index (χ1) is 9.36. The van der Waals surface area contributed by atoms with Gasteiger partial charge in [-0.25, -0.2) is 8.78 Å². The minimum atomic E-state index is -0.944. The second-order valence-electron chi connectivity index (χ2n) is 4.78. The molecule has 0 saturated heterocycles. The molecule has 1 amide bonds. The monoisotopic (exact) mass is 285 g/mol. The summed E-state index contributed by atoms with van der Waals surface area (Å²) in [6.45, 7) is 1.93. The molecule has 1 aromatic carbocycles. The fourth-order valence-corrected chi connectivity index (χ4v) is 1.86. The Balaban J connectivity index is 2.33. The molecule has 0 radical (unpaired) electrons. The maximum absolute atomic E-state index is 12.9. The van der Waals surface area contributed by atoms with Crippen molar-refractivity contribution in [1.82, 2.24) is 5.32 Å². The molecule has 0 aliphatic heterocycles. The van der Waals surface area contributed by atoms with Gasteiger partial charge < -0.3 is 10.4 Å². The molecule has 0 heterocycles. The largest absolute Gasteiger partial charge is 0.481 e. The Morgan fingerprint density at radius 1 is 1.20 bits per heavy atom. The van der Waals surface area contributed by atoms with Crippen molar-refractivity contribution in [1.29, 1.82) is 0 Å². The molecule has 0 aliphatic rings. The number of halogens is 2. The van der Waals surface area contributed by atoms with Crippen molar-refractivity contribution in [2.24, 2.45) is 5.92 Å². The third-order valence-electron chi connectivity index (χ3n) is 2.72. The quantitative estimate of drug-likeness (QED) is 0.806. The molecule has 1 rings (SSSR count). The highest BCUT2D eigenvalue weighted by Gasteiger charge is 2.12. The topological polar surface area (TPSA) is 66.4 Å². The summed E-state index contributed by atoms with van der Waals surface area (Å²) in [5, 5.41) is 11.2. The molecule has 0 aliphatic carbocycles. The van der Waals surface area contributed by atoms with E-state index in [1.807, 2.05) is 0 Å². The minimum absolute atomic E-state index is 0.0669. The van der Waals surface area contributed by atoms with Crippen molar-refractivity contribution in [3.8, 4) is 0 Å². The molecule has 6 heteroatoms. The second kappa shape index (κ2) is 7.57. The van der Waals surface area contributed by atoms with E-state index in [0.29, 0.717) is 12.0 Å². The number of hydrogen-bond acceptors (Lipinski definition) is 2. The molecule has 4 nitrogen and oxygen atoms in total. The van der Waals surface area contributed by atoms with E-state index in [2.05, 4.69) is 5.32 Å². The van der Waals surface area contributed by atoms with Crippen LogP contribution >= 0.6 is 0 Å². The van der Waals surface area contributed by atoms with Gasteiger partial charge in [0.1, 0.15) is 11.6 Å². The van der Waals surface area contributed by atoms with Crippen LogP contribution in [0.2, 0.25) is 0 Å². The number of carboxylic acids is 1. The minimum Gasteiger partial charge on any atom is -0.481 e. The highest BCUT2D eigenvalue weighted by atomic mass is 19.1. The van der Waals surface area contributed by atoms with Gasteiger partial charge in [0.15, 0.2) is 0 Å². The average molecular weight is 285 g/mol. The van der Waals surface area contributed by atoms with Crippen molar-refractivity contribution >= 4 is 11.9 Å². The maximum Gasteiger partial charge on any atom is 0.303 e. The van der Waals surface area contributed by atoms with Crippen molar-refractivity contribution in [3.05, 3.63) is 35.4 Å². The number of hydrogen-bond donors (Lipinski definition) is 2. The fraction of sp³-hybridized carbons (Fsp3) is 0.429. The Morgan fingerprint density at radius 3 is 2.35 bits per heavy atom. The molecule has 0 spiro atoms. The third kappa shape index (κ3) is 6.26. The van der Waals surface area contributed by atoms with Crippen LogP contribution in [0.1, 0.15) is 25.3 Å². The third-order valence-corrected chi connectivity index (χ3v) is 2.72. The highest BCUT2D eigenvalue weighted by Crippen LogP contribution is 2.09. The van der Waals surface area contributed by atoms with E-state index in [1.165, 1.54) is 12.1 Å². The van der Waals surface area contributed by atoms with Crippen molar-refractivity contribution in [2.75, 3.05) is 6.54 Å². The molecule has 1 aromatic rings. The summed E-state index contributed by atoms with van der Waals surface area (Å²) in [6.07, 6.45) is 0.361. The van der Waals surface area contributed by atoms with Gasteiger partial charge in [-0.15, -0.1) is 0 Å². The van der Waals surface area contributed by atoms with Gasteiger partial charge >= 0.3 is 5.97 Å². The van der Waals surface area contributed by atoms with Gasteiger partial charge in [-0.2, -0.15) is 0 Å². The van der Waals surface area contributed by atoms with Crippen molar-refractivity contribution < 1.29 is 23.5 Å². The Labute approximate surface area is 115 Å². The number of carbonyl (C=O) groups excluding carboxylic acids is 1. The molecular formula is C14H17F2NO3. The number of rotatable bonds is 7. The molecule has 0 fully saturated rings.